The van der Waals surface area contributed by atoms with Crippen molar-refractivity contribution in [1.82, 2.24) is 29.6 Å². The summed E-state index contributed by atoms with van der Waals surface area (Å²) in [4.78, 5) is 41.2. The number of likely N-dealkylation sites (tertiary alicyclic amines) is 4. The van der Waals surface area contributed by atoms with Crippen LogP contribution >= 0.6 is 0 Å². The topological polar surface area (TPSA) is 142 Å². The van der Waals surface area contributed by atoms with Gasteiger partial charge < -0.3 is 30.7 Å². The number of hydrogen-bond acceptors (Lipinski definition) is 8. The van der Waals surface area contributed by atoms with Gasteiger partial charge in [-0.05, 0) is 184 Å². The van der Waals surface area contributed by atoms with Gasteiger partial charge in [-0.25, -0.2) is 31.3 Å². The van der Waals surface area contributed by atoms with E-state index in [0.29, 0.717) is 55.3 Å². The number of nitrogens with one attached hydrogen (secondary N) is 1. The molecule has 4 aliphatic heterocycles. The summed E-state index contributed by atoms with van der Waals surface area (Å²) in [7, 11) is 0. The van der Waals surface area contributed by atoms with E-state index in [1.54, 1.807) is 15.9 Å². The van der Waals surface area contributed by atoms with Gasteiger partial charge in [0.05, 0.1) is 24.2 Å². The third-order valence-corrected chi connectivity index (χ3v) is 15.2. The molecule has 4 fully saturated rings. The maximum Gasteiger partial charge on any atom is 0.246 e. The number of rotatable bonds is 12. The molecule has 0 saturated carbocycles. The molecule has 3 aromatic carbocycles. The summed E-state index contributed by atoms with van der Waals surface area (Å²) < 4.78 is 79.8. The average Bonchev–Trinajstić information content (AvgIpc) is 3.81. The SMILES string of the molecule is Nc1ccc2[nH]cc(C3CCN(C(CO)C4CCN(C(=O)/C=C/c5cc(F)c(F)c(F)c5)CC4)CC3)c2n1.O=C(/C=C/c1cc(F)cc(F)c1)N1CCC(C(CO)N2CCC(c3ccc(F)cc3)CC2)CC1. The molecule has 2 unspecified atom stereocenters. The van der Waals surface area contributed by atoms with Crippen molar-refractivity contribution in [2.75, 3.05) is 71.3 Å². The maximum atomic E-state index is 13.4. The minimum absolute atomic E-state index is 0.0330. The van der Waals surface area contributed by atoms with Gasteiger partial charge in [0.15, 0.2) is 17.5 Å². The van der Waals surface area contributed by atoms with Crippen molar-refractivity contribution in [3.8, 4) is 0 Å². The number of H-pyrrole nitrogens is 1. The van der Waals surface area contributed by atoms with Crippen LogP contribution in [0.25, 0.3) is 23.2 Å². The largest absolute Gasteiger partial charge is 0.395 e. The first-order valence-electron chi connectivity index (χ1n) is 25.0. The number of aliphatic hydroxyl groups excluding tert-OH is 2. The Morgan fingerprint density at radius 3 is 1.57 bits per heavy atom. The number of carbonyl (C=O) groups is 2. The van der Waals surface area contributed by atoms with Gasteiger partial charge in [-0.15, -0.1) is 0 Å². The normalized spacial score (nSPS) is 19.3. The van der Waals surface area contributed by atoms with Gasteiger partial charge in [0.1, 0.15) is 23.3 Å². The van der Waals surface area contributed by atoms with Crippen LogP contribution in [0.1, 0.15) is 85.5 Å². The van der Waals surface area contributed by atoms with E-state index in [1.165, 1.54) is 59.7 Å². The number of carbonyl (C=O) groups excluding carboxylic acids is 2. The number of nitrogen functional groups attached to an aromatic ring is 1. The number of nitrogens with zero attached hydrogens (tertiary/aromatic N) is 5. The Hall–Kier alpha value is -6.01. The molecule has 2 atom stereocenters. The monoisotopic (exact) mass is 999 g/mol. The number of aliphatic hydroxyl groups is 2. The predicted octanol–water partition coefficient (Wildman–Crippen LogP) is 8.65. The molecule has 4 saturated heterocycles. The fourth-order valence-corrected chi connectivity index (χ4v) is 11.2. The van der Waals surface area contributed by atoms with E-state index >= 15 is 0 Å². The molecule has 0 aliphatic carbocycles. The van der Waals surface area contributed by atoms with Crippen molar-refractivity contribution in [3.63, 3.8) is 0 Å². The minimum atomic E-state index is -1.53. The smallest absolute Gasteiger partial charge is 0.246 e. The van der Waals surface area contributed by atoms with Gasteiger partial charge in [0, 0.05) is 62.7 Å². The van der Waals surface area contributed by atoms with Gasteiger partial charge >= 0.3 is 0 Å². The van der Waals surface area contributed by atoms with Gasteiger partial charge in [-0.2, -0.15) is 0 Å². The molecule has 5 aromatic rings. The Bertz CT molecular complexity index is 2640. The van der Waals surface area contributed by atoms with Crippen LogP contribution in [0.3, 0.4) is 0 Å². The van der Waals surface area contributed by atoms with Crippen molar-refractivity contribution < 1.29 is 46.1 Å². The lowest BCUT2D eigenvalue weighted by Gasteiger charge is -2.43. The van der Waals surface area contributed by atoms with E-state index < -0.39 is 29.1 Å². The van der Waals surface area contributed by atoms with Crippen LogP contribution < -0.4 is 5.73 Å². The number of fused-ring (bicyclic) bond motifs is 1. The predicted molar refractivity (Wildman–Crippen MR) is 265 cm³/mol. The quantitative estimate of drug-likeness (QED) is 0.0553. The second-order valence-corrected chi connectivity index (χ2v) is 19.5. The zero-order chi connectivity index (χ0) is 50.9. The van der Waals surface area contributed by atoms with Crippen molar-refractivity contribution in [1.29, 1.82) is 0 Å². The maximum absolute atomic E-state index is 13.4. The first-order chi connectivity index (χ1) is 34.8. The Labute approximate surface area is 416 Å². The van der Waals surface area contributed by atoms with E-state index in [1.807, 2.05) is 24.4 Å². The van der Waals surface area contributed by atoms with Crippen LogP contribution in [0.4, 0.5) is 32.2 Å². The molecular weight excluding hydrogens is 937 g/mol. The fourth-order valence-electron chi connectivity index (χ4n) is 11.2. The highest BCUT2D eigenvalue weighted by atomic mass is 19.2. The van der Waals surface area contributed by atoms with Crippen LogP contribution in [0, 0.1) is 46.7 Å². The fraction of sp³-hybridized carbons (Fsp3) is 0.436. The van der Waals surface area contributed by atoms with Crippen molar-refractivity contribution in [3.05, 3.63) is 142 Å². The number of nitrogens with two attached hydrogens (primary N) is 1. The lowest BCUT2D eigenvalue weighted by atomic mass is 9.85. The summed E-state index contributed by atoms with van der Waals surface area (Å²) in [6, 6.07) is 15.5. The third kappa shape index (κ3) is 13.0. The molecule has 384 valence electrons. The summed E-state index contributed by atoms with van der Waals surface area (Å²) >= 11 is 0. The summed E-state index contributed by atoms with van der Waals surface area (Å²) in [5.74, 6) is -4.26. The minimum Gasteiger partial charge on any atom is -0.395 e. The number of benzene rings is 3. The van der Waals surface area contributed by atoms with Gasteiger partial charge in [0.2, 0.25) is 11.8 Å². The van der Waals surface area contributed by atoms with Gasteiger partial charge in [-0.1, -0.05) is 12.1 Å². The number of aromatic amines is 1. The Morgan fingerprint density at radius 1 is 0.611 bits per heavy atom. The lowest BCUT2D eigenvalue weighted by Crippen LogP contribution is -2.50. The van der Waals surface area contributed by atoms with Crippen molar-refractivity contribution >= 4 is 40.8 Å². The number of aromatic nitrogens is 2. The Kier molecular flexibility index (Phi) is 17.5. The van der Waals surface area contributed by atoms with E-state index in [4.69, 9.17) is 5.73 Å². The number of hydrogen-bond donors (Lipinski definition) is 4. The molecule has 0 bridgehead atoms. The Balaban J connectivity index is 0.000000194. The van der Waals surface area contributed by atoms with Crippen LogP contribution in [-0.2, 0) is 9.59 Å². The molecule has 4 aliphatic rings. The van der Waals surface area contributed by atoms with Gasteiger partial charge in [-0.3, -0.25) is 19.4 Å². The van der Waals surface area contributed by atoms with Crippen molar-refractivity contribution in [2.45, 2.75) is 75.3 Å². The summed E-state index contributed by atoms with van der Waals surface area (Å²) in [5.41, 5.74) is 10.6. The van der Waals surface area contributed by atoms with Crippen molar-refractivity contribution in [2.24, 2.45) is 11.8 Å². The highest BCUT2D eigenvalue weighted by Gasteiger charge is 2.36. The number of amides is 2. The Morgan fingerprint density at radius 2 is 1.08 bits per heavy atom. The molecule has 72 heavy (non-hydrogen) atoms. The molecule has 11 nitrogen and oxygen atoms in total. The number of anilines is 1. The standard InChI is InChI=1S/C28H32F3N5O2.C27H31F3N2O2/c29-21-13-17(14-22(30)27(21)31)1-4-26(38)36-11-7-19(8-12-36)24(16-37)35-9-5-18(6-10-35)20-15-33-23-2-3-25(32)34-28(20)23;28-23-4-2-20(3-5-23)21-7-11-31(12-8-21)26(18-33)22-9-13-32(14-10-22)27(34)6-1-19-15-24(29)17-25(30)16-19/h1-4,13-15,18-19,24,33,37H,5-12,16H2,(H2,32,34);1-6,15-17,21-22,26,33H,7-14,18H2/b4-1+;6-1+. The zero-order valence-corrected chi connectivity index (χ0v) is 40.2. The lowest BCUT2D eigenvalue weighted by molar-refractivity contribution is -0.128. The molecule has 0 spiro atoms. The summed E-state index contributed by atoms with van der Waals surface area (Å²) in [5, 5.41) is 20.4. The van der Waals surface area contributed by atoms with E-state index in [9.17, 15) is 46.1 Å². The molecule has 2 aromatic heterocycles. The third-order valence-electron chi connectivity index (χ3n) is 15.2. The summed E-state index contributed by atoms with van der Waals surface area (Å²) in [6.45, 7) is 5.93. The first-order valence-corrected chi connectivity index (χ1v) is 25.0. The molecular formula is C55H63F6N7O4. The van der Waals surface area contributed by atoms with E-state index in [-0.39, 0.29) is 54.4 Å². The molecule has 9 rings (SSSR count). The highest BCUT2D eigenvalue weighted by Crippen LogP contribution is 2.36. The number of piperidine rings is 4. The molecule has 0 radical (unpaired) electrons. The first kappa shape index (κ1) is 52.3. The molecule has 17 heteroatoms. The second kappa shape index (κ2) is 24.1. The van der Waals surface area contributed by atoms with Gasteiger partial charge in [0.25, 0.3) is 0 Å². The van der Waals surface area contributed by atoms with Crippen LogP contribution in [0.15, 0.2) is 85.1 Å². The molecule has 2 amide bonds. The number of halogens is 6. The highest BCUT2D eigenvalue weighted by molar-refractivity contribution is 5.92. The van der Waals surface area contributed by atoms with E-state index in [0.717, 1.165) is 107 Å². The average molecular weight is 1000 g/mol. The van der Waals surface area contributed by atoms with E-state index in [2.05, 4.69) is 19.8 Å². The van der Waals surface area contributed by atoms with Crippen LogP contribution in [-0.4, -0.2) is 129 Å². The molecule has 6 heterocycles. The summed E-state index contributed by atoms with van der Waals surface area (Å²) in [6.07, 6.45) is 14.4. The second-order valence-electron chi connectivity index (χ2n) is 19.5. The number of pyridine rings is 1. The molecule has 5 N–H and O–H groups in total. The van der Waals surface area contributed by atoms with Crippen LogP contribution in [0.2, 0.25) is 0 Å². The van der Waals surface area contributed by atoms with Crippen LogP contribution in [0.5, 0.6) is 0 Å². The zero-order valence-electron chi connectivity index (χ0n) is 40.2.